The third-order valence-corrected chi connectivity index (χ3v) is 5.94. The lowest BCUT2D eigenvalue weighted by Gasteiger charge is -2.49. The van der Waals surface area contributed by atoms with Crippen molar-refractivity contribution in [1.29, 1.82) is 0 Å². The molecule has 2 aromatic carbocycles. The second kappa shape index (κ2) is 9.67. The van der Waals surface area contributed by atoms with Crippen molar-refractivity contribution in [2.24, 2.45) is 0 Å². The van der Waals surface area contributed by atoms with Gasteiger partial charge in [-0.2, -0.15) is 0 Å². The van der Waals surface area contributed by atoms with Crippen LogP contribution in [0, 0.1) is 0 Å². The summed E-state index contributed by atoms with van der Waals surface area (Å²) in [5, 5.41) is 10.7. The Morgan fingerprint density at radius 2 is 1.31 bits per heavy atom. The van der Waals surface area contributed by atoms with Crippen molar-refractivity contribution >= 4 is 11.6 Å². The summed E-state index contributed by atoms with van der Waals surface area (Å²) in [7, 11) is 0. The quantitative estimate of drug-likeness (QED) is 0.623. The molecule has 7 heteroatoms. The van der Waals surface area contributed by atoms with Gasteiger partial charge >= 0.3 is 0 Å². The van der Waals surface area contributed by atoms with Crippen LogP contribution < -0.4 is 0 Å². The standard InChI is InChI=1S/C25H24ClNO5/c26-19-11-16(13-27-14-19)12-20-22-23(32-24(29-20)17-7-3-1-4-8-17)21(15-28)30-25(31-22)18-9-5-2-6-10-18/h1-11,13-14,20-25,28H,12,15H2. The van der Waals surface area contributed by atoms with Crippen molar-refractivity contribution in [3.63, 3.8) is 0 Å². The Morgan fingerprint density at radius 3 is 1.88 bits per heavy atom. The van der Waals surface area contributed by atoms with E-state index in [2.05, 4.69) is 4.98 Å². The van der Waals surface area contributed by atoms with Gasteiger partial charge in [-0.15, -0.1) is 0 Å². The van der Waals surface area contributed by atoms with Crippen LogP contribution >= 0.6 is 11.6 Å². The van der Waals surface area contributed by atoms with Crippen molar-refractivity contribution in [1.82, 2.24) is 4.98 Å². The maximum Gasteiger partial charge on any atom is 0.184 e. The first-order valence-corrected chi connectivity index (χ1v) is 11.0. The van der Waals surface area contributed by atoms with Gasteiger partial charge in [-0.25, -0.2) is 0 Å². The first-order valence-electron chi connectivity index (χ1n) is 10.6. The number of halogens is 1. The molecule has 3 heterocycles. The first kappa shape index (κ1) is 21.5. The van der Waals surface area contributed by atoms with Crippen molar-refractivity contribution in [3.05, 3.63) is 101 Å². The fourth-order valence-electron chi connectivity index (χ4n) is 4.22. The van der Waals surface area contributed by atoms with Gasteiger partial charge in [0.1, 0.15) is 18.3 Å². The van der Waals surface area contributed by atoms with E-state index in [1.165, 1.54) is 0 Å². The predicted octanol–water partition coefficient (Wildman–Crippen LogP) is 4.24. The van der Waals surface area contributed by atoms with Crippen molar-refractivity contribution < 1.29 is 24.1 Å². The summed E-state index contributed by atoms with van der Waals surface area (Å²) in [4.78, 5) is 4.20. The second-order valence-corrected chi connectivity index (χ2v) is 8.37. The molecule has 166 valence electrons. The summed E-state index contributed by atoms with van der Waals surface area (Å²) < 4.78 is 25.2. The zero-order valence-corrected chi connectivity index (χ0v) is 18.0. The highest BCUT2D eigenvalue weighted by molar-refractivity contribution is 6.30. The summed E-state index contributed by atoms with van der Waals surface area (Å²) >= 11 is 6.16. The number of ether oxygens (including phenoxy) is 4. The van der Waals surface area contributed by atoms with Crippen LogP contribution in [0.1, 0.15) is 29.3 Å². The zero-order valence-electron chi connectivity index (χ0n) is 17.3. The monoisotopic (exact) mass is 453 g/mol. The SMILES string of the molecule is OCC1OC(c2ccccc2)OC2C(Cc3cncc(Cl)c3)OC(c3ccccc3)OC12. The van der Waals surface area contributed by atoms with Gasteiger partial charge < -0.3 is 24.1 Å². The van der Waals surface area contributed by atoms with Crippen LogP contribution in [0.3, 0.4) is 0 Å². The summed E-state index contributed by atoms with van der Waals surface area (Å²) in [6.07, 6.45) is 0.789. The molecule has 1 N–H and O–H groups in total. The molecule has 0 radical (unpaired) electrons. The van der Waals surface area contributed by atoms with E-state index in [1.54, 1.807) is 12.4 Å². The number of rotatable bonds is 5. The molecular weight excluding hydrogens is 430 g/mol. The van der Waals surface area contributed by atoms with Gasteiger partial charge in [0.05, 0.1) is 17.7 Å². The lowest BCUT2D eigenvalue weighted by molar-refractivity contribution is -0.384. The number of aromatic nitrogens is 1. The largest absolute Gasteiger partial charge is 0.394 e. The minimum atomic E-state index is -0.630. The maximum atomic E-state index is 10.1. The van der Waals surface area contributed by atoms with Gasteiger partial charge in [-0.1, -0.05) is 72.3 Å². The number of aliphatic hydroxyl groups excluding tert-OH is 1. The molecular formula is C25H24ClNO5. The minimum absolute atomic E-state index is 0.194. The van der Waals surface area contributed by atoms with E-state index < -0.39 is 30.9 Å². The van der Waals surface area contributed by atoms with Crippen LogP contribution in [0.4, 0.5) is 0 Å². The molecule has 5 rings (SSSR count). The summed E-state index contributed by atoms with van der Waals surface area (Å²) in [5.41, 5.74) is 2.70. The predicted molar refractivity (Wildman–Crippen MR) is 118 cm³/mol. The van der Waals surface area contributed by atoms with Crippen LogP contribution in [0.2, 0.25) is 5.02 Å². The molecule has 6 unspecified atom stereocenters. The molecule has 0 aliphatic carbocycles. The van der Waals surface area contributed by atoms with Gasteiger partial charge in [0.15, 0.2) is 12.6 Å². The molecule has 2 fully saturated rings. The Bertz CT molecular complexity index is 1020. The average Bonchev–Trinajstić information content (AvgIpc) is 2.84. The molecule has 6 nitrogen and oxygen atoms in total. The molecule has 2 saturated heterocycles. The number of hydrogen-bond acceptors (Lipinski definition) is 6. The molecule has 0 amide bonds. The van der Waals surface area contributed by atoms with Crippen molar-refractivity contribution in [3.8, 4) is 0 Å². The number of nitrogens with zero attached hydrogens (tertiary/aromatic N) is 1. The van der Waals surface area contributed by atoms with Crippen LogP contribution in [0.5, 0.6) is 0 Å². The van der Waals surface area contributed by atoms with E-state index in [-0.39, 0.29) is 12.7 Å². The van der Waals surface area contributed by atoms with Crippen LogP contribution in [0.15, 0.2) is 79.1 Å². The Labute approximate surface area is 191 Å². The molecule has 6 atom stereocenters. The van der Waals surface area contributed by atoms with E-state index in [1.807, 2.05) is 66.7 Å². The van der Waals surface area contributed by atoms with Crippen LogP contribution in [-0.2, 0) is 25.4 Å². The molecule has 1 aromatic heterocycles. The fourth-order valence-corrected chi connectivity index (χ4v) is 4.42. The third kappa shape index (κ3) is 4.57. The van der Waals surface area contributed by atoms with E-state index in [9.17, 15) is 5.11 Å². The normalized spacial score (nSPS) is 29.9. The highest BCUT2D eigenvalue weighted by Crippen LogP contribution is 2.41. The van der Waals surface area contributed by atoms with Gasteiger partial charge in [0.25, 0.3) is 0 Å². The first-order chi connectivity index (χ1) is 15.7. The molecule has 3 aromatic rings. The number of pyridine rings is 1. The number of aliphatic hydroxyl groups is 1. The second-order valence-electron chi connectivity index (χ2n) is 7.93. The third-order valence-electron chi connectivity index (χ3n) is 5.74. The Kier molecular flexibility index (Phi) is 6.50. The van der Waals surface area contributed by atoms with Crippen molar-refractivity contribution in [2.45, 2.75) is 43.4 Å². The Morgan fingerprint density at radius 1 is 0.750 bits per heavy atom. The topological polar surface area (TPSA) is 70.0 Å². The minimum Gasteiger partial charge on any atom is -0.394 e. The Balaban J connectivity index is 1.47. The van der Waals surface area contributed by atoms with Crippen LogP contribution in [0.25, 0.3) is 0 Å². The highest BCUT2D eigenvalue weighted by Gasteiger charge is 2.50. The molecule has 32 heavy (non-hydrogen) atoms. The molecule has 0 spiro atoms. The lowest BCUT2D eigenvalue weighted by Crippen LogP contribution is -2.59. The highest BCUT2D eigenvalue weighted by atomic mass is 35.5. The molecule has 0 bridgehead atoms. The average molecular weight is 454 g/mol. The number of fused-ring (bicyclic) bond motifs is 1. The van der Waals surface area contributed by atoms with E-state index >= 15 is 0 Å². The van der Waals surface area contributed by atoms with E-state index in [4.69, 9.17) is 30.5 Å². The molecule has 2 aliphatic rings. The summed E-state index contributed by atoms with van der Waals surface area (Å²) in [6, 6.07) is 21.3. The maximum absolute atomic E-state index is 10.1. The van der Waals surface area contributed by atoms with Crippen molar-refractivity contribution in [2.75, 3.05) is 6.61 Å². The fraction of sp³-hybridized carbons (Fsp3) is 0.320. The summed E-state index contributed by atoms with van der Waals surface area (Å²) in [5.74, 6) is 0. The van der Waals surface area contributed by atoms with E-state index in [0.29, 0.717) is 11.4 Å². The Hall–Kier alpha value is -2.32. The number of hydrogen-bond donors (Lipinski definition) is 1. The molecule has 0 saturated carbocycles. The summed E-state index contributed by atoms with van der Waals surface area (Å²) in [6.45, 7) is -0.194. The van der Waals surface area contributed by atoms with Gasteiger partial charge in [-0.05, 0) is 11.6 Å². The smallest absolute Gasteiger partial charge is 0.184 e. The van der Waals surface area contributed by atoms with Crippen LogP contribution in [-0.4, -0.2) is 41.1 Å². The van der Waals surface area contributed by atoms with Gasteiger partial charge in [0, 0.05) is 29.9 Å². The molecule has 2 aliphatic heterocycles. The van der Waals surface area contributed by atoms with Gasteiger partial charge in [0.2, 0.25) is 0 Å². The van der Waals surface area contributed by atoms with E-state index in [0.717, 1.165) is 16.7 Å². The lowest BCUT2D eigenvalue weighted by atomic mass is 9.94. The zero-order chi connectivity index (χ0) is 21.9. The number of benzene rings is 2. The van der Waals surface area contributed by atoms with Gasteiger partial charge in [-0.3, -0.25) is 4.98 Å².